The number of hydrogen-bond acceptors (Lipinski definition) is 2. The second kappa shape index (κ2) is 6.16. The molecule has 0 aliphatic rings. The Kier molecular flexibility index (Phi) is 4.72. The van der Waals surface area contributed by atoms with Gasteiger partial charge < -0.3 is 10.2 Å². The van der Waals surface area contributed by atoms with Crippen molar-refractivity contribution < 1.29 is 10.2 Å². The topological polar surface area (TPSA) is 40.5 Å². The number of aryl methyl sites for hydroxylation is 1. The third kappa shape index (κ3) is 3.75. The minimum Gasteiger partial charge on any atom is -0.507 e. The van der Waals surface area contributed by atoms with Crippen LogP contribution in [0.5, 0.6) is 11.5 Å². The molecule has 2 heteroatoms. The summed E-state index contributed by atoms with van der Waals surface area (Å²) in [4.78, 5) is 0. The van der Waals surface area contributed by atoms with Crippen molar-refractivity contribution >= 4 is 0 Å². The Morgan fingerprint density at radius 2 is 1.29 bits per heavy atom. The SMILES string of the molecule is Cc1cc(Cc2cccc(C(C)(C)C)c2O)c(O)c(C(C)(C)C)c1. The Morgan fingerprint density at radius 1 is 0.750 bits per heavy atom. The summed E-state index contributed by atoms with van der Waals surface area (Å²) in [7, 11) is 0. The van der Waals surface area contributed by atoms with Crippen molar-refractivity contribution in [3.63, 3.8) is 0 Å². The number of hydrogen-bond donors (Lipinski definition) is 2. The van der Waals surface area contributed by atoms with E-state index in [1.165, 1.54) is 0 Å². The molecule has 2 N–H and O–H groups in total. The fourth-order valence-electron chi connectivity index (χ4n) is 3.10. The lowest BCUT2D eigenvalue weighted by Crippen LogP contribution is -2.13. The summed E-state index contributed by atoms with van der Waals surface area (Å²) >= 11 is 0. The molecule has 0 fully saturated rings. The van der Waals surface area contributed by atoms with Crippen LogP contribution in [0.4, 0.5) is 0 Å². The smallest absolute Gasteiger partial charge is 0.122 e. The Hall–Kier alpha value is -1.96. The first-order valence-corrected chi connectivity index (χ1v) is 8.55. The van der Waals surface area contributed by atoms with Crippen LogP contribution in [-0.2, 0) is 17.3 Å². The van der Waals surface area contributed by atoms with Crippen LogP contribution >= 0.6 is 0 Å². The number of benzene rings is 2. The van der Waals surface area contributed by atoms with E-state index in [0.717, 1.165) is 27.8 Å². The molecule has 0 unspecified atom stereocenters. The maximum absolute atomic E-state index is 10.7. The van der Waals surface area contributed by atoms with Crippen LogP contribution in [0.15, 0.2) is 30.3 Å². The van der Waals surface area contributed by atoms with Gasteiger partial charge in [-0.25, -0.2) is 0 Å². The molecule has 2 aromatic carbocycles. The zero-order valence-electron chi connectivity index (χ0n) is 16.0. The lowest BCUT2D eigenvalue weighted by molar-refractivity contribution is 0.435. The Morgan fingerprint density at radius 3 is 1.83 bits per heavy atom. The first-order valence-electron chi connectivity index (χ1n) is 8.55. The van der Waals surface area contributed by atoms with E-state index in [2.05, 4.69) is 41.5 Å². The van der Waals surface area contributed by atoms with Gasteiger partial charge in [0, 0.05) is 6.42 Å². The molecule has 0 saturated heterocycles. The first-order chi connectivity index (χ1) is 10.9. The standard InChI is InChI=1S/C22H30O2/c1-14-11-16(20(24)18(12-14)22(5,6)7)13-15-9-8-10-17(19(15)23)21(2,3)4/h8-12,23-24H,13H2,1-7H3. The number of para-hydroxylation sites is 1. The summed E-state index contributed by atoms with van der Waals surface area (Å²) < 4.78 is 0. The Balaban J connectivity index is 2.52. The van der Waals surface area contributed by atoms with E-state index in [-0.39, 0.29) is 10.8 Å². The van der Waals surface area contributed by atoms with Crippen molar-refractivity contribution in [3.05, 3.63) is 58.1 Å². The fraction of sp³-hybridized carbons (Fsp3) is 0.455. The molecular formula is C22H30O2. The van der Waals surface area contributed by atoms with Gasteiger partial charge in [-0.15, -0.1) is 0 Å². The predicted octanol–water partition coefficient (Wildman–Crippen LogP) is 5.59. The molecule has 0 radical (unpaired) electrons. The van der Waals surface area contributed by atoms with Gasteiger partial charge in [0.05, 0.1) is 0 Å². The van der Waals surface area contributed by atoms with Gasteiger partial charge in [-0.2, -0.15) is 0 Å². The molecule has 0 bridgehead atoms. The third-order valence-corrected chi connectivity index (χ3v) is 4.45. The largest absolute Gasteiger partial charge is 0.507 e. The van der Waals surface area contributed by atoms with Crippen LogP contribution in [0.25, 0.3) is 0 Å². The second-order valence-electron chi connectivity index (χ2n) is 8.81. The van der Waals surface area contributed by atoms with Crippen LogP contribution in [-0.4, -0.2) is 10.2 Å². The highest BCUT2D eigenvalue weighted by Gasteiger charge is 2.23. The molecule has 24 heavy (non-hydrogen) atoms. The number of phenols is 2. The monoisotopic (exact) mass is 326 g/mol. The Bertz CT molecular complexity index is 744. The van der Waals surface area contributed by atoms with Crippen LogP contribution in [0, 0.1) is 6.92 Å². The summed E-state index contributed by atoms with van der Waals surface area (Å²) in [6.07, 6.45) is 0.520. The van der Waals surface area contributed by atoms with Gasteiger partial charge in [0.25, 0.3) is 0 Å². The third-order valence-electron chi connectivity index (χ3n) is 4.45. The van der Waals surface area contributed by atoms with Crippen LogP contribution < -0.4 is 0 Å². The van der Waals surface area contributed by atoms with Crippen molar-refractivity contribution in [1.82, 2.24) is 0 Å². The average Bonchev–Trinajstić information content (AvgIpc) is 2.42. The molecule has 0 aliphatic heterocycles. The van der Waals surface area contributed by atoms with Gasteiger partial charge in [0.2, 0.25) is 0 Å². The van der Waals surface area contributed by atoms with Gasteiger partial charge in [-0.05, 0) is 40.0 Å². The van der Waals surface area contributed by atoms with E-state index in [9.17, 15) is 10.2 Å². The van der Waals surface area contributed by atoms with Crippen molar-refractivity contribution in [1.29, 1.82) is 0 Å². The first kappa shape index (κ1) is 18.4. The van der Waals surface area contributed by atoms with E-state index < -0.39 is 0 Å². The van der Waals surface area contributed by atoms with E-state index in [0.29, 0.717) is 17.9 Å². The molecule has 0 atom stereocenters. The molecule has 0 aromatic heterocycles. The quantitative estimate of drug-likeness (QED) is 0.755. The minimum atomic E-state index is -0.125. The molecule has 2 nitrogen and oxygen atoms in total. The zero-order valence-corrected chi connectivity index (χ0v) is 16.0. The maximum Gasteiger partial charge on any atom is 0.122 e. The maximum atomic E-state index is 10.7. The van der Waals surface area contributed by atoms with E-state index >= 15 is 0 Å². The van der Waals surface area contributed by atoms with E-state index in [4.69, 9.17) is 0 Å². The minimum absolute atomic E-state index is 0.120. The molecule has 0 aliphatic carbocycles. The summed E-state index contributed by atoms with van der Waals surface area (Å²) in [5.74, 6) is 0.678. The van der Waals surface area contributed by atoms with Crippen molar-refractivity contribution in [2.24, 2.45) is 0 Å². The van der Waals surface area contributed by atoms with Gasteiger partial charge >= 0.3 is 0 Å². The van der Waals surface area contributed by atoms with Crippen LogP contribution in [0.3, 0.4) is 0 Å². The second-order valence-corrected chi connectivity index (χ2v) is 8.81. The van der Waals surface area contributed by atoms with Gasteiger partial charge in [-0.1, -0.05) is 77.4 Å². The highest BCUT2D eigenvalue weighted by Crippen LogP contribution is 2.38. The molecule has 0 spiro atoms. The normalized spacial score (nSPS) is 12.5. The van der Waals surface area contributed by atoms with Crippen molar-refractivity contribution in [2.75, 3.05) is 0 Å². The molecule has 0 amide bonds. The van der Waals surface area contributed by atoms with Crippen LogP contribution in [0.2, 0.25) is 0 Å². The van der Waals surface area contributed by atoms with Crippen molar-refractivity contribution in [2.45, 2.75) is 65.7 Å². The summed E-state index contributed by atoms with van der Waals surface area (Å²) in [5, 5.41) is 21.4. The molecule has 2 rings (SSSR count). The summed E-state index contributed by atoms with van der Waals surface area (Å²) in [5.41, 5.74) is 4.47. The van der Waals surface area contributed by atoms with E-state index in [1.807, 2.05) is 37.3 Å². The molecule has 0 saturated carbocycles. The molecule has 2 aromatic rings. The lowest BCUT2D eigenvalue weighted by atomic mass is 9.82. The number of rotatable bonds is 2. The summed E-state index contributed by atoms with van der Waals surface area (Å²) in [6.45, 7) is 14.6. The fourth-order valence-corrected chi connectivity index (χ4v) is 3.10. The summed E-state index contributed by atoms with van der Waals surface area (Å²) in [6, 6.07) is 9.93. The van der Waals surface area contributed by atoms with Gasteiger partial charge in [0.15, 0.2) is 0 Å². The average molecular weight is 326 g/mol. The molecule has 130 valence electrons. The predicted molar refractivity (Wildman–Crippen MR) is 101 cm³/mol. The van der Waals surface area contributed by atoms with Gasteiger partial charge in [-0.3, -0.25) is 0 Å². The van der Waals surface area contributed by atoms with Crippen molar-refractivity contribution in [3.8, 4) is 11.5 Å². The highest BCUT2D eigenvalue weighted by atomic mass is 16.3. The zero-order chi connectivity index (χ0) is 18.3. The van der Waals surface area contributed by atoms with E-state index in [1.54, 1.807) is 0 Å². The van der Waals surface area contributed by atoms with Gasteiger partial charge in [0.1, 0.15) is 11.5 Å². The Labute approximate surface area is 146 Å². The molecular weight excluding hydrogens is 296 g/mol. The lowest BCUT2D eigenvalue weighted by Gasteiger charge is -2.24. The number of phenolic OH excluding ortho intramolecular Hbond substituents is 2. The number of aromatic hydroxyl groups is 2. The van der Waals surface area contributed by atoms with Crippen LogP contribution in [0.1, 0.15) is 69.4 Å². The molecule has 0 heterocycles. The highest BCUT2D eigenvalue weighted by molar-refractivity contribution is 5.52.